The molecule has 1 aromatic heterocycles. The van der Waals surface area contributed by atoms with E-state index in [0.717, 1.165) is 22.2 Å². The van der Waals surface area contributed by atoms with Gasteiger partial charge in [-0.15, -0.1) is 11.3 Å². The van der Waals surface area contributed by atoms with Crippen LogP contribution in [0.15, 0.2) is 10.3 Å². The van der Waals surface area contributed by atoms with Crippen LogP contribution in [0.3, 0.4) is 0 Å². The molecule has 0 amide bonds. The minimum atomic E-state index is -3.88. The first-order valence-electron chi connectivity index (χ1n) is 5.41. The number of carboxylic acids is 1. The molecule has 18 heavy (non-hydrogen) atoms. The molecule has 1 aliphatic rings. The first-order valence-corrected chi connectivity index (χ1v) is 7.73. The van der Waals surface area contributed by atoms with Gasteiger partial charge in [0.25, 0.3) is 10.0 Å². The van der Waals surface area contributed by atoms with E-state index in [4.69, 9.17) is 9.94 Å². The number of carboxylic acid groups (broad SMARTS) is 1. The monoisotopic (exact) mass is 291 g/mol. The summed E-state index contributed by atoms with van der Waals surface area (Å²) in [7, 11) is -3.88. The maximum absolute atomic E-state index is 12.3. The van der Waals surface area contributed by atoms with Crippen LogP contribution in [0.25, 0.3) is 0 Å². The van der Waals surface area contributed by atoms with E-state index < -0.39 is 16.0 Å². The number of carbonyl (C=O) groups is 1. The first-order chi connectivity index (χ1) is 8.44. The molecule has 1 fully saturated rings. The Bertz CT molecular complexity index is 557. The highest BCUT2D eigenvalue weighted by Gasteiger charge is 2.34. The van der Waals surface area contributed by atoms with Crippen LogP contribution in [0.4, 0.5) is 0 Å². The van der Waals surface area contributed by atoms with E-state index in [1.54, 1.807) is 6.92 Å². The van der Waals surface area contributed by atoms with Crippen molar-refractivity contribution in [2.24, 2.45) is 0 Å². The summed E-state index contributed by atoms with van der Waals surface area (Å²) < 4.78 is 25.6. The first kappa shape index (κ1) is 13.5. The quantitative estimate of drug-likeness (QED) is 0.911. The van der Waals surface area contributed by atoms with Gasteiger partial charge >= 0.3 is 5.97 Å². The van der Waals surface area contributed by atoms with Gasteiger partial charge in [-0.1, -0.05) is 4.47 Å². The van der Waals surface area contributed by atoms with Gasteiger partial charge in [0.05, 0.1) is 6.61 Å². The Labute approximate surface area is 109 Å². The summed E-state index contributed by atoms with van der Waals surface area (Å²) in [6.45, 7) is 2.18. The summed E-state index contributed by atoms with van der Waals surface area (Å²) in [5.41, 5.74) is 0.437. The molecule has 1 aliphatic heterocycles. The Morgan fingerprint density at radius 3 is 2.78 bits per heavy atom. The minimum absolute atomic E-state index is 0.151. The second-order valence-corrected chi connectivity index (χ2v) is 6.60. The molecule has 0 saturated carbocycles. The zero-order valence-corrected chi connectivity index (χ0v) is 11.4. The highest BCUT2D eigenvalue weighted by molar-refractivity contribution is 7.89. The number of sulfonamides is 1. The molecular formula is C10H13NO5S2. The average Bonchev–Trinajstić information content (AvgIpc) is 2.73. The Hall–Kier alpha value is -0.960. The highest BCUT2D eigenvalue weighted by atomic mass is 32.2. The Morgan fingerprint density at radius 2 is 2.22 bits per heavy atom. The summed E-state index contributed by atoms with van der Waals surface area (Å²) in [5.74, 6) is -1.23. The maximum atomic E-state index is 12.3. The smallest absolute Gasteiger partial charge is 0.347 e. The molecule has 0 aromatic carbocycles. The zero-order chi connectivity index (χ0) is 13.3. The van der Waals surface area contributed by atoms with E-state index in [1.807, 2.05) is 0 Å². The van der Waals surface area contributed by atoms with Crippen LogP contribution in [0.2, 0.25) is 0 Å². The van der Waals surface area contributed by atoms with Gasteiger partial charge in [0.1, 0.15) is 9.77 Å². The van der Waals surface area contributed by atoms with Crippen molar-refractivity contribution in [1.29, 1.82) is 0 Å². The Kier molecular flexibility index (Phi) is 3.71. The standard InChI is InChI=1S/C10H13NO5S2/c1-7-6-17-8(10(12)13)9(7)18(14,15)11-4-2-3-5-16-11/h6H,2-5H2,1H3,(H,12,13). The van der Waals surface area contributed by atoms with Crippen molar-refractivity contribution < 1.29 is 23.2 Å². The number of hydroxylamine groups is 1. The molecular weight excluding hydrogens is 278 g/mol. The van der Waals surface area contributed by atoms with Crippen LogP contribution < -0.4 is 0 Å². The fraction of sp³-hybridized carbons (Fsp3) is 0.500. The molecule has 0 unspecified atom stereocenters. The van der Waals surface area contributed by atoms with Crippen molar-refractivity contribution in [2.45, 2.75) is 24.7 Å². The molecule has 0 aliphatic carbocycles. The molecule has 0 radical (unpaired) electrons. The molecule has 100 valence electrons. The lowest BCUT2D eigenvalue weighted by Crippen LogP contribution is -2.36. The van der Waals surface area contributed by atoms with Gasteiger partial charge in [-0.3, -0.25) is 4.84 Å². The molecule has 0 atom stereocenters. The van der Waals surface area contributed by atoms with Crippen molar-refractivity contribution in [3.63, 3.8) is 0 Å². The number of hydrogen-bond acceptors (Lipinski definition) is 5. The molecule has 0 bridgehead atoms. The van der Waals surface area contributed by atoms with Crippen molar-refractivity contribution in [1.82, 2.24) is 4.47 Å². The predicted octanol–water partition coefficient (Wildman–Crippen LogP) is 1.47. The third-order valence-corrected chi connectivity index (χ3v) is 5.69. The van der Waals surface area contributed by atoms with Gasteiger partial charge < -0.3 is 5.11 Å². The largest absolute Gasteiger partial charge is 0.477 e. The number of rotatable bonds is 3. The van der Waals surface area contributed by atoms with Gasteiger partial charge in [-0.2, -0.15) is 0 Å². The van der Waals surface area contributed by atoms with Crippen LogP contribution in [0.5, 0.6) is 0 Å². The van der Waals surface area contributed by atoms with Gasteiger partial charge in [0, 0.05) is 6.54 Å². The third-order valence-electron chi connectivity index (χ3n) is 2.61. The van der Waals surface area contributed by atoms with Crippen LogP contribution in [0, 0.1) is 6.92 Å². The van der Waals surface area contributed by atoms with Gasteiger partial charge in [-0.25, -0.2) is 13.2 Å². The number of thiophene rings is 1. The second kappa shape index (κ2) is 4.96. The van der Waals surface area contributed by atoms with E-state index in [9.17, 15) is 13.2 Å². The van der Waals surface area contributed by atoms with E-state index in [2.05, 4.69) is 0 Å². The molecule has 2 heterocycles. The molecule has 0 spiro atoms. The van der Waals surface area contributed by atoms with E-state index in [0.29, 0.717) is 18.6 Å². The Morgan fingerprint density at radius 1 is 1.50 bits per heavy atom. The molecule has 1 N–H and O–H groups in total. The minimum Gasteiger partial charge on any atom is -0.477 e. The van der Waals surface area contributed by atoms with Crippen molar-refractivity contribution in [3.05, 3.63) is 15.8 Å². The van der Waals surface area contributed by atoms with Crippen LogP contribution in [-0.2, 0) is 14.9 Å². The summed E-state index contributed by atoms with van der Waals surface area (Å²) in [6, 6.07) is 0. The fourth-order valence-electron chi connectivity index (χ4n) is 1.77. The summed E-state index contributed by atoms with van der Waals surface area (Å²) in [6.07, 6.45) is 1.52. The second-order valence-electron chi connectivity index (χ2n) is 3.95. The van der Waals surface area contributed by atoms with E-state index >= 15 is 0 Å². The number of aromatic carboxylic acids is 1. The number of nitrogens with zero attached hydrogens (tertiary/aromatic N) is 1. The highest BCUT2D eigenvalue weighted by Crippen LogP contribution is 2.30. The van der Waals surface area contributed by atoms with Gasteiger partial charge in [-0.05, 0) is 30.7 Å². The van der Waals surface area contributed by atoms with Crippen molar-refractivity contribution in [3.8, 4) is 0 Å². The van der Waals surface area contributed by atoms with Crippen LogP contribution in [-0.4, -0.2) is 37.1 Å². The molecule has 2 rings (SSSR count). The van der Waals surface area contributed by atoms with Gasteiger partial charge in [0.15, 0.2) is 0 Å². The maximum Gasteiger partial charge on any atom is 0.347 e. The Balaban J connectivity index is 2.46. The normalized spacial score (nSPS) is 17.8. The molecule has 8 heteroatoms. The van der Waals surface area contributed by atoms with Crippen LogP contribution in [0.1, 0.15) is 28.1 Å². The number of hydrogen-bond donors (Lipinski definition) is 1. The molecule has 1 aromatic rings. The van der Waals surface area contributed by atoms with Crippen molar-refractivity contribution in [2.75, 3.05) is 13.2 Å². The third kappa shape index (κ3) is 2.28. The van der Waals surface area contributed by atoms with Crippen molar-refractivity contribution >= 4 is 27.3 Å². The molecule has 1 saturated heterocycles. The summed E-state index contributed by atoms with van der Waals surface area (Å²) in [4.78, 5) is 15.8. The SMILES string of the molecule is Cc1csc(C(=O)O)c1S(=O)(=O)N1CCCCO1. The lowest BCUT2D eigenvalue weighted by Gasteiger charge is -2.25. The fourth-order valence-corrected chi connectivity index (χ4v) is 4.66. The molecule has 6 nitrogen and oxygen atoms in total. The van der Waals surface area contributed by atoms with E-state index in [-0.39, 0.29) is 16.3 Å². The summed E-state index contributed by atoms with van der Waals surface area (Å²) in [5, 5.41) is 10.6. The lowest BCUT2D eigenvalue weighted by atomic mass is 10.3. The topological polar surface area (TPSA) is 83.9 Å². The van der Waals surface area contributed by atoms with Crippen LogP contribution >= 0.6 is 11.3 Å². The number of aryl methyl sites for hydroxylation is 1. The summed E-state index contributed by atoms with van der Waals surface area (Å²) >= 11 is 0.914. The lowest BCUT2D eigenvalue weighted by molar-refractivity contribution is -0.108. The zero-order valence-electron chi connectivity index (χ0n) is 9.75. The van der Waals surface area contributed by atoms with E-state index in [1.165, 1.54) is 5.38 Å². The predicted molar refractivity (Wildman–Crippen MR) is 65.1 cm³/mol. The van der Waals surface area contributed by atoms with Gasteiger partial charge in [0.2, 0.25) is 0 Å². The average molecular weight is 291 g/mol.